The van der Waals surface area contributed by atoms with Gasteiger partial charge in [0.1, 0.15) is 5.75 Å². The molecule has 0 atom stereocenters. The van der Waals surface area contributed by atoms with Crippen molar-refractivity contribution in [3.63, 3.8) is 0 Å². The molecule has 26 heavy (non-hydrogen) atoms. The van der Waals surface area contributed by atoms with Crippen LogP contribution in [0.2, 0.25) is 0 Å². The number of nitrogens with one attached hydrogen (secondary N) is 1. The maximum atomic E-state index is 9.74. The zero-order valence-electron chi connectivity index (χ0n) is 15.0. The number of benzene rings is 1. The summed E-state index contributed by atoms with van der Waals surface area (Å²) in [6.07, 6.45) is 1.10. The van der Waals surface area contributed by atoms with E-state index < -0.39 is 0 Å². The summed E-state index contributed by atoms with van der Waals surface area (Å²) in [5.74, 6) is 1.55. The molecule has 3 aromatic heterocycles. The van der Waals surface area contributed by atoms with Crippen LogP contribution in [0.25, 0.3) is 32.2 Å². The summed E-state index contributed by atoms with van der Waals surface area (Å²) in [4.78, 5) is 1.01. The number of hydrogen-bond donors (Lipinski definition) is 2. The van der Waals surface area contributed by atoms with Crippen LogP contribution in [0.5, 0.6) is 5.75 Å². The van der Waals surface area contributed by atoms with Gasteiger partial charge >= 0.3 is 0 Å². The Morgan fingerprint density at radius 1 is 1.23 bits per heavy atom. The van der Waals surface area contributed by atoms with Crippen LogP contribution >= 0.6 is 11.3 Å². The van der Waals surface area contributed by atoms with Crippen LogP contribution in [0.15, 0.2) is 30.3 Å². The molecule has 0 bridgehead atoms. The van der Waals surface area contributed by atoms with Crippen LogP contribution in [0.4, 0.5) is 0 Å². The van der Waals surface area contributed by atoms with Gasteiger partial charge in [-0.15, -0.1) is 21.5 Å². The van der Waals surface area contributed by atoms with Crippen molar-refractivity contribution in [3.05, 3.63) is 35.9 Å². The van der Waals surface area contributed by atoms with Crippen molar-refractivity contribution in [3.8, 4) is 27.7 Å². The Hall–Kier alpha value is -2.67. The van der Waals surface area contributed by atoms with Crippen molar-refractivity contribution in [2.75, 3.05) is 0 Å². The molecule has 134 valence electrons. The van der Waals surface area contributed by atoms with E-state index in [1.54, 1.807) is 17.4 Å². The number of hydrogen-bond acceptors (Lipinski definition) is 5. The van der Waals surface area contributed by atoms with E-state index in [1.165, 1.54) is 15.9 Å². The number of tetrazole rings is 1. The van der Waals surface area contributed by atoms with E-state index in [4.69, 9.17) is 0 Å². The van der Waals surface area contributed by atoms with Crippen molar-refractivity contribution < 1.29 is 5.11 Å². The molecule has 2 N–H and O–H groups in total. The zero-order chi connectivity index (χ0) is 18.3. The molecule has 0 aliphatic carbocycles. The van der Waals surface area contributed by atoms with Gasteiger partial charge in [0.25, 0.3) is 0 Å². The van der Waals surface area contributed by atoms with Crippen LogP contribution in [-0.4, -0.2) is 30.3 Å². The normalized spacial score (nSPS) is 11.7. The third kappa shape index (κ3) is 2.99. The Bertz CT molecular complexity index is 1050. The third-order valence-corrected chi connectivity index (χ3v) is 5.64. The van der Waals surface area contributed by atoms with Gasteiger partial charge in [-0.2, -0.15) is 5.21 Å². The summed E-state index contributed by atoms with van der Waals surface area (Å²) in [6, 6.07) is 9.93. The first kappa shape index (κ1) is 16.8. The molecule has 0 saturated heterocycles. The second-order valence-electron chi connectivity index (χ2n) is 6.96. The number of aryl methyl sites for hydroxylation is 2. The van der Waals surface area contributed by atoms with E-state index in [2.05, 4.69) is 51.2 Å². The van der Waals surface area contributed by atoms with Crippen LogP contribution in [0, 0.1) is 12.8 Å². The van der Waals surface area contributed by atoms with Crippen LogP contribution < -0.4 is 0 Å². The van der Waals surface area contributed by atoms with Gasteiger partial charge in [0.2, 0.25) is 5.82 Å². The first-order valence-corrected chi connectivity index (χ1v) is 9.51. The number of phenols is 1. The second kappa shape index (κ2) is 6.57. The highest BCUT2D eigenvalue weighted by Gasteiger charge is 2.17. The smallest absolute Gasteiger partial charge is 0.214 e. The average Bonchev–Trinajstić information content (AvgIpc) is 3.28. The van der Waals surface area contributed by atoms with Gasteiger partial charge in [0.15, 0.2) is 0 Å². The molecule has 0 saturated carbocycles. The lowest BCUT2D eigenvalue weighted by molar-refractivity contribution is 0.475. The molecule has 7 heteroatoms. The van der Waals surface area contributed by atoms with E-state index in [0.717, 1.165) is 29.0 Å². The molecule has 0 amide bonds. The fourth-order valence-corrected chi connectivity index (χ4v) is 4.23. The van der Waals surface area contributed by atoms with Gasteiger partial charge in [-0.3, -0.25) is 0 Å². The molecule has 6 nitrogen and oxygen atoms in total. The van der Waals surface area contributed by atoms with Crippen molar-refractivity contribution in [2.45, 2.75) is 33.7 Å². The van der Waals surface area contributed by atoms with Gasteiger partial charge in [-0.25, -0.2) is 0 Å². The molecule has 0 fully saturated rings. The van der Waals surface area contributed by atoms with Crippen molar-refractivity contribution in [2.24, 2.45) is 5.92 Å². The highest BCUT2D eigenvalue weighted by molar-refractivity contribution is 7.22. The number of H-pyrrole nitrogens is 1. The Morgan fingerprint density at radius 3 is 2.77 bits per heavy atom. The van der Waals surface area contributed by atoms with E-state index >= 15 is 0 Å². The number of aromatic nitrogens is 5. The number of phenolic OH excluding ortho intramolecular Hbond substituents is 1. The minimum absolute atomic E-state index is 0.299. The highest BCUT2D eigenvalue weighted by atomic mass is 32.1. The number of nitrogens with zero attached hydrogens (tertiary/aromatic N) is 4. The van der Waals surface area contributed by atoms with Gasteiger partial charge in [-0.05, 0) is 60.4 Å². The molecular formula is C19H21N5OS. The second-order valence-corrected chi connectivity index (χ2v) is 8.04. The summed E-state index contributed by atoms with van der Waals surface area (Å²) >= 11 is 1.67. The fraction of sp³-hybridized carbons (Fsp3) is 0.316. The van der Waals surface area contributed by atoms with E-state index in [9.17, 15) is 5.11 Å². The number of aromatic hydroxyl groups is 1. The molecule has 0 spiro atoms. The Morgan fingerprint density at radius 2 is 2.08 bits per heavy atom. The summed E-state index contributed by atoms with van der Waals surface area (Å²) in [5.41, 5.74) is 4.59. The SMILES string of the molecule is Cc1cc(O)ccc1-c1cc2sc(-c3nn[nH]n3)cc2n1CCC(C)C. The van der Waals surface area contributed by atoms with Crippen LogP contribution in [0.3, 0.4) is 0 Å². The first-order valence-electron chi connectivity index (χ1n) is 8.70. The molecule has 1 aromatic carbocycles. The minimum atomic E-state index is 0.299. The summed E-state index contributed by atoms with van der Waals surface area (Å²) in [7, 11) is 0. The Kier molecular flexibility index (Phi) is 4.24. The molecule has 3 heterocycles. The zero-order valence-corrected chi connectivity index (χ0v) is 15.8. The number of aromatic amines is 1. The predicted octanol–water partition coefficient (Wildman–Crippen LogP) is 4.61. The van der Waals surface area contributed by atoms with Gasteiger partial charge < -0.3 is 9.67 Å². The first-order chi connectivity index (χ1) is 12.5. The van der Waals surface area contributed by atoms with Gasteiger partial charge in [0, 0.05) is 12.1 Å². The molecule has 0 aliphatic heterocycles. The number of rotatable bonds is 5. The monoisotopic (exact) mass is 367 g/mol. The minimum Gasteiger partial charge on any atom is -0.508 e. The van der Waals surface area contributed by atoms with E-state index in [0.29, 0.717) is 17.5 Å². The lowest BCUT2D eigenvalue weighted by Crippen LogP contribution is -2.03. The maximum absolute atomic E-state index is 9.74. The molecule has 0 aliphatic rings. The summed E-state index contributed by atoms with van der Waals surface area (Å²) < 4.78 is 3.57. The summed E-state index contributed by atoms with van der Waals surface area (Å²) in [5, 5.41) is 24.1. The maximum Gasteiger partial charge on any atom is 0.214 e. The lowest BCUT2D eigenvalue weighted by Gasteiger charge is -2.14. The van der Waals surface area contributed by atoms with Crippen molar-refractivity contribution >= 4 is 21.6 Å². The molecule has 4 rings (SSSR count). The van der Waals surface area contributed by atoms with Gasteiger partial charge in [-0.1, -0.05) is 13.8 Å². The molecule has 0 radical (unpaired) electrons. The molecular weight excluding hydrogens is 346 g/mol. The number of fused-ring (bicyclic) bond motifs is 1. The van der Waals surface area contributed by atoms with Gasteiger partial charge in [0.05, 0.1) is 20.8 Å². The largest absolute Gasteiger partial charge is 0.508 e. The third-order valence-electron chi connectivity index (χ3n) is 4.57. The molecule has 4 aromatic rings. The topological polar surface area (TPSA) is 79.6 Å². The van der Waals surface area contributed by atoms with E-state index in [-0.39, 0.29) is 0 Å². The standard InChI is InChI=1S/C19H21N5OS/c1-11(2)6-7-24-15(14-5-4-13(25)8-12(14)3)9-17-16(24)10-18(26-17)19-20-22-23-21-19/h4-5,8-11,25H,6-7H2,1-3H3,(H,20,21,22,23). The Labute approximate surface area is 155 Å². The van der Waals surface area contributed by atoms with Crippen molar-refractivity contribution in [1.82, 2.24) is 25.2 Å². The Balaban J connectivity index is 1.86. The fourth-order valence-electron chi connectivity index (χ4n) is 3.20. The van der Waals surface area contributed by atoms with Crippen molar-refractivity contribution in [1.29, 1.82) is 0 Å². The predicted molar refractivity (Wildman–Crippen MR) is 104 cm³/mol. The lowest BCUT2D eigenvalue weighted by atomic mass is 10.0. The van der Waals surface area contributed by atoms with Crippen LogP contribution in [-0.2, 0) is 6.54 Å². The average molecular weight is 367 g/mol. The quantitative estimate of drug-likeness (QED) is 0.540. The van der Waals surface area contributed by atoms with E-state index in [1.807, 2.05) is 19.1 Å². The van der Waals surface area contributed by atoms with Crippen LogP contribution in [0.1, 0.15) is 25.8 Å². The summed E-state index contributed by atoms with van der Waals surface area (Å²) in [6.45, 7) is 7.46. The highest BCUT2D eigenvalue weighted by Crippen LogP contribution is 2.38. The number of thiophene rings is 1. The molecule has 0 unspecified atom stereocenters.